The van der Waals surface area contributed by atoms with Gasteiger partial charge in [0.15, 0.2) is 5.16 Å². The van der Waals surface area contributed by atoms with Gasteiger partial charge >= 0.3 is 0 Å². The highest BCUT2D eigenvalue weighted by molar-refractivity contribution is 7.99. The maximum atomic E-state index is 12.3. The molecule has 27 heavy (non-hydrogen) atoms. The molecule has 0 aliphatic heterocycles. The second kappa shape index (κ2) is 7.48. The third kappa shape index (κ3) is 3.80. The number of nitrogen functional groups attached to an aromatic ring is 1. The SMILES string of the molecule is Cc1ccccc1NC(=O)CSc1nc(N)c2c3c(sc2n1)C[C@@H](C)CC3. The minimum absolute atomic E-state index is 0.0733. The van der Waals surface area contributed by atoms with Gasteiger partial charge in [-0.15, -0.1) is 11.3 Å². The summed E-state index contributed by atoms with van der Waals surface area (Å²) in [6.45, 7) is 4.26. The summed E-state index contributed by atoms with van der Waals surface area (Å²) in [5, 5.41) is 4.52. The normalized spacial score (nSPS) is 16.3. The molecule has 3 N–H and O–H groups in total. The summed E-state index contributed by atoms with van der Waals surface area (Å²) in [6, 6.07) is 7.73. The van der Waals surface area contributed by atoms with E-state index in [0.29, 0.717) is 16.9 Å². The number of carbonyl (C=O) groups is 1. The Balaban J connectivity index is 1.49. The molecular formula is C20H22N4OS2. The average Bonchev–Trinajstić information content (AvgIpc) is 2.99. The maximum Gasteiger partial charge on any atom is 0.234 e. The van der Waals surface area contributed by atoms with Crippen molar-refractivity contribution in [1.82, 2.24) is 9.97 Å². The first-order valence-corrected chi connectivity index (χ1v) is 10.9. The van der Waals surface area contributed by atoms with Crippen LogP contribution in [0.1, 0.15) is 29.3 Å². The van der Waals surface area contributed by atoms with Crippen LogP contribution in [-0.2, 0) is 17.6 Å². The van der Waals surface area contributed by atoms with E-state index in [4.69, 9.17) is 5.73 Å². The molecule has 5 nitrogen and oxygen atoms in total. The number of nitrogens with zero attached hydrogens (tertiary/aromatic N) is 2. The van der Waals surface area contributed by atoms with E-state index in [1.165, 1.54) is 28.6 Å². The van der Waals surface area contributed by atoms with Crippen LogP contribution in [0.3, 0.4) is 0 Å². The zero-order chi connectivity index (χ0) is 19.0. The van der Waals surface area contributed by atoms with Crippen LogP contribution in [0.25, 0.3) is 10.2 Å². The van der Waals surface area contributed by atoms with E-state index >= 15 is 0 Å². The van der Waals surface area contributed by atoms with Crippen molar-refractivity contribution in [2.24, 2.45) is 5.92 Å². The molecule has 1 atom stereocenters. The van der Waals surface area contributed by atoms with Gasteiger partial charge in [0.25, 0.3) is 0 Å². The van der Waals surface area contributed by atoms with E-state index in [1.807, 2.05) is 31.2 Å². The molecule has 0 saturated carbocycles. The average molecular weight is 399 g/mol. The maximum absolute atomic E-state index is 12.3. The lowest BCUT2D eigenvalue weighted by Gasteiger charge is -2.17. The number of nitrogens with two attached hydrogens (primary N) is 1. The lowest BCUT2D eigenvalue weighted by molar-refractivity contribution is -0.113. The summed E-state index contributed by atoms with van der Waals surface area (Å²) in [7, 11) is 0. The molecule has 0 unspecified atom stereocenters. The summed E-state index contributed by atoms with van der Waals surface area (Å²) in [5.74, 6) is 1.42. The second-order valence-electron chi connectivity index (χ2n) is 7.08. The molecule has 2 heterocycles. The fourth-order valence-electron chi connectivity index (χ4n) is 3.44. The van der Waals surface area contributed by atoms with Gasteiger partial charge in [0.05, 0.1) is 11.1 Å². The van der Waals surface area contributed by atoms with Crippen molar-refractivity contribution < 1.29 is 4.79 Å². The number of hydrogen-bond acceptors (Lipinski definition) is 6. The lowest BCUT2D eigenvalue weighted by Crippen LogP contribution is -2.15. The van der Waals surface area contributed by atoms with E-state index in [-0.39, 0.29) is 11.7 Å². The second-order valence-corrected chi connectivity index (χ2v) is 9.10. The summed E-state index contributed by atoms with van der Waals surface area (Å²) in [5.41, 5.74) is 9.46. The number of hydrogen-bond donors (Lipinski definition) is 2. The van der Waals surface area contributed by atoms with Crippen molar-refractivity contribution in [2.75, 3.05) is 16.8 Å². The number of aromatic nitrogens is 2. The minimum atomic E-state index is -0.0733. The van der Waals surface area contributed by atoms with Gasteiger partial charge in [-0.05, 0) is 49.3 Å². The van der Waals surface area contributed by atoms with Crippen molar-refractivity contribution in [3.05, 3.63) is 40.3 Å². The van der Waals surface area contributed by atoms with Crippen LogP contribution < -0.4 is 11.1 Å². The Morgan fingerprint density at radius 2 is 2.19 bits per heavy atom. The highest BCUT2D eigenvalue weighted by Gasteiger charge is 2.23. The Morgan fingerprint density at radius 1 is 1.37 bits per heavy atom. The van der Waals surface area contributed by atoms with Gasteiger partial charge < -0.3 is 11.1 Å². The molecule has 2 aromatic heterocycles. The van der Waals surface area contributed by atoms with Crippen molar-refractivity contribution in [2.45, 2.75) is 38.3 Å². The molecule has 3 aromatic rings. The highest BCUT2D eigenvalue weighted by atomic mass is 32.2. The summed E-state index contributed by atoms with van der Waals surface area (Å²) in [6.07, 6.45) is 3.33. The number of thiophene rings is 1. The van der Waals surface area contributed by atoms with Crippen LogP contribution in [-0.4, -0.2) is 21.6 Å². The number of nitrogens with one attached hydrogen (secondary N) is 1. The third-order valence-electron chi connectivity index (χ3n) is 4.91. The topological polar surface area (TPSA) is 80.9 Å². The molecule has 140 valence electrons. The molecule has 0 bridgehead atoms. The van der Waals surface area contributed by atoms with Gasteiger partial charge in [0, 0.05) is 10.6 Å². The molecule has 1 aliphatic rings. The lowest BCUT2D eigenvalue weighted by atomic mass is 9.89. The molecule has 0 spiro atoms. The van der Waals surface area contributed by atoms with E-state index in [9.17, 15) is 4.79 Å². The molecule has 0 fully saturated rings. The molecule has 1 amide bonds. The number of amides is 1. The van der Waals surface area contributed by atoms with Gasteiger partial charge in [0.1, 0.15) is 10.6 Å². The van der Waals surface area contributed by atoms with Crippen LogP contribution >= 0.6 is 23.1 Å². The fraction of sp³-hybridized carbons (Fsp3) is 0.350. The Bertz CT molecular complexity index is 1010. The number of para-hydroxylation sites is 1. The molecule has 4 rings (SSSR count). The summed E-state index contributed by atoms with van der Waals surface area (Å²) >= 11 is 3.05. The number of fused-ring (bicyclic) bond motifs is 3. The number of benzene rings is 1. The first-order valence-electron chi connectivity index (χ1n) is 9.07. The summed E-state index contributed by atoms with van der Waals surface area (Å²) in [4.78, 5) is 23.7. The zero-order valence-electron chi connectivity index (χ0n) is 15.4. The van der Waals surface area contributed by atoms with Crippen molar-refractivity contribution >= 4 is 50.7 Å². The van der Waals surface area contributed by atoms with Gasteiger partial charge in [-0.25, -0.2) is 9.97 Å². The largest absolute Gasteiger partial charge is 0.383 e. The number of anilines is 2. The van der Waals surface area contributed by atoms with Crippen LogP contribution in [0.4, 0.5) is 11.5 Å². The van der Waals surface area contributed by atoms with Gasteiger partial charge in [-0.3, -0.25) is 4.79 Å². The van der Waals surface area contributed by atoms with E-state index in [1.54, 1.807) is 11.3 Å². The van der Waals surface area contributed by atoms with Crippen molar-refractivity contribution in [3.63, 3.8) is 0 Å². The number of thioether (sulfide) groups is 1. The van der Waals surface area contributed by atoms with Gasteiger partial charge in [-0.2, -0.15) is 0 Å². The van der Waals surface area contributed by atoms with Crippen LogP contribution in [0.5, 0.6) is 0 Å². The fourth-order valence-corrected chi connectivity index (χ4v) is 5.54. The van der Waals surface area contributed by atoms with Crippen LogP contribution in [0.15, 0.2) is 29.4 Å². The van der Waals surface area contributed by atoms with Crippen LogP contribution in [0, 0.1) is 12.8 Å². The predicted molar refractivity (Wildman–Crippen MR) is 114 cm³/mol. The first kappa shape index (κ1) is 18.3. The molecule has 0 saturated heterocycles. The minimum Gasteiger partial charge on any atom is -0.383 e. The van der Waals surface area contributed by atoms with E-state index in [0.717, 1.165) is 34.3 Å². The Labute approximate surface area is 166 Å². The molecule has 1 aliphatic carbocycles. The predicted octanol–water partition coefficient (Wildman–Crippen LogP) is 4.44. The summed E-state index contributed by atoms with van der Waals surface area (Å²) < 4.78 is 0. The monoisotopic (exact) mass is 398 g/mol. The van der Waals surface area contributed by atoms with Crippen molar-refractivity contribution in [3.8, 4) is 0 Å². The number of carbonyl (C=O) groups excluding carboxylic acids is 1. The van der Waals surface area contributed by atoms with E-state index < -0.39 is 0 Å². The van der Waals surface area contributed by atoms with Crippen LogP contribution in [0.2, 0.25) is 0 Å². The zero-order valence-corrected chi connectivity index (χ0v) is 17.0. The number of rotatable bonds is 4. The van der Waals surface area contributed by atoms with Gasteiger partial charge in [-0.1, -0.05) is 36.9 Å². The molecule has 0 radical (unpaired) electrons. The van der Waals surface area contributed by atoms with Gasteiger partial charge in [0.2, 0.25) is 5.91 Å². The third-order valence-corrected chi connectivity index (χ3v) is 6.91. The smallest absolute Gasteiger partial charge is 0.234 e. The number of aryl methyl sites for hydroxylation is 2. The standard InChI is InChI=1S/C20H22N4OS2/c1-11-7-8-13-15(9-11)27-19-17(13)18(21)23-20(24-19)26-10-16(25)22-14-6-4-3-5-12(14)2/h3-6,11H,7-10H2,1-2H3,(H,22,25)(H2,21,23,24)/t11-/m0/s1. The quantitative estimate of drug-likeness (QED) is 0.502. The Morgan fingerprint density at radius 3 is 3.00 bits per heavy atom. The Kier molecular flexibility index (Phi) is 5.06. The van der Waals surface area contributed by atoms with E-state index in [2.05, 4.69) is 22.2 Å². The molecular weight excluding hydrogens is 376 g/mol. The highest BCUT2D eigenvalue weighted by Crippen LogP contribution is 2.39. The molecule has 1 aromatic carbocycles. The van der Waals surface area contributed by atoms with Crippen molar-refractivity contribution in [1.29, 1.82) is 0 Å². The molecule has 7 heteroatoms. The Hall–Kier alpha value is -2.12. The first-order chi connectivity index (χ1) is 13.0.